The van der Waals surface area contributed by atoms with Gasteiger partial charge in [0.2, 0.25) is 0 Å². The molecule has 1 aromatic carbocycles. The van der Waals surface area contributed by atoms with Crippen LogP contribution in [-0.4, -0.2) is 15.0 Å². The third kappa shape index (κ3) is 4.36. The van der Waals surface area contributed by atoms with Gasteiger partial charge in [0.15, 0.2) is 0 Å². The van der Waals surface area contributed by atoms with E-state index in [9.17, 15) is 8.42 Å². The van der Waals surface area contributed by atoms with Gasteiger partial charge < -0.3 is 4.74 Å². The van der Waals surface area contributed by atoms with Crippen LogP contribution in [0.1, 0.15) is 12.5 Å². The van der Waals surface area contributed by atoms with Gasteiger partial charge in [0.05, 0.1) is 6.61 Å². The molecule has 3 nitrogen and oxygen atoms in total. The molecule has 0 aliphatic heterocycles. The van der Waals surface area contributed by atoms with Gasteiger partial charge >= 0.3 is 0 Å². The van der Waals surface area contributed by atoms with Crippen molar-refractivity contribution in [3.8, 4) is 5.75 Å². The average Bonchev–Trinajstić information content (AvgIpc) is 2.16. The lowest BCUT2D eigenvalue weighted by molar-refractivity contribution is 0.339. The van der Waals surface area contributed by atoms with E-state index < -0.39 is 9.05 Å². The molecular weight excluding hydrogens is 236 g/mol. The predicted octanol–water partition coefficient (Wildman–Crippen LogP) is 2.62. The molecule has 0 amide bonds. The number of para-hydroxylation sites is 1. The molecule has 0 saturated carbocycles. The highest BCUT2D eigenvalue weighted by molar-refractivity contribution is 8.16. The van der Waals surface area contributed by atoms with Crippen molar-refractivity contribution in [1.82, 2.24) is 0 Å². The smallest absolute Gasteiger partial charge is 0.254 e. The van der Waals surface area contributed by atoms with Crippen molar-refractivity contribution >= 4 is 25.8 Å². The Morgan fingerprint density at radius 3 is 2.67 bits per heavy atom. The van der Waals surface area contributed by atoms with Crippen LogP contribution in [0.4, 0.5) is 0 Å². The van der Waals surface area contributed by atoms with Crippen LogP contribution in [0.5, 0.6) is 5.75 Å². The molecule has 0 atom stereocenters. The molecule has 82 valence electrons. The highest BCUT2D eigenvalue weighted by Gasteiger charge is 2.01. The molecule has 0 saturated heterocycles. The Labute approximate surface area is 93.7 Å². The predicted molar refractivity (Wildman–Crippen MR) is 61.4 cm³/mol. The van der Waals surface area contributed by atoms with Gasteiger partial charge in [-0.1, -0.05) is 18.2 Å². The van der Waals surface area contributed by atoms with E-state index in [1.165, 1.54) is 6.08 Å². The highest BCUT2D eigenvalue weighted by atomic mass is 35.7. The van der Waals surface area contributed by atoms with E-state index in [0.717, 1.165) is 5.41 Å². The Morgan fingerprint density at radius 2 is 2.07 bits per heavy atom. The Bertz CT molecular complexity index is 451. The number of rotatable bonds is 4. The Kier molecular flexibility index (Phi) is 4.17. The molecule has 0 aliphatic rings. The van der Waals surface area contributed by atoms with E-state index in [1.807, 2.05) is 13.0 Å². The minimum absolute atomic E-state index is 0.526. The first kappa shape index (κ1) is 12.1. The number of hydrogen-bond donors (Lipinski definition) is 0. The summed E-state index contributed by atoms with van der Waals surface area (Å²) in [5, 5.41) is 0.937. The van der Waals surface area contributed by atoms with Gasteiger partial charge in [0.25, 0.3) is 9.05 Å². The normalized spacial score (nSPS) is 11.9. The van der Waals surface area contributed by atoms with Crippen LogP contribution in [-0.2, 0) is 9.05 Å². The standard InChI is InChI=1S/C10H11ClO3S/c1-2-14-10-6-4-3-5-9(10)7-8-15(11,12)13/h3-8H,2H2,1H3. The van der Waals surface area contributed by atoms with E-state index in [4.69, 9.17) is 15.4 Å². The lowest BCUT2D eigenvalue weighted by Gasteiger charge is -2.05. The molecule has 0 bridgehead atoms. The SMILES string of the molecule is CCOc1ccccc1C=CS(=O)(=O)Cl. The maximum absolute atomic E-state index is 10.7. The Morgan fingerprint density at radius 1 is 1.40 bits per heavy atom. The Hall–Kier alpha value is -1.00. The number of ether oxygens (including phenoxy) is 1. The van der Waals surface area contributed by atoms with Crippen LogP contribution < -0.4 is 4.74 Å². The van der Waals surface area contributed by atoms with E-state index in [1.54, 1.807) is 18.2 Å². The largest absolute Gasteiger partial charge is 0.493 e. The average molecular weight is 247 g/mol. The summed E-state index contributed by atoms with van der Waals surface area (Å²) in [5.41, 5.74) is 0.684. The van der Waals surface area contributed by atoms with Crippen molar-refractivity contribution in [1.29, 1.82) is 0 Å². The number of halogens is 1. The molecule has 0 aromatic heterocycles. The quantitative estimate of drug-likeness (QED) is 0.767. The zero-order valence-corrected chi connectivity index (χ0v) is 9.75. The molecule has 5 heteroatoms. The summed E-state index contributed by atoms with van der Waals surface area (Å²) < 4.78 is 26.7. The van der Waals surface area contributed by atoms with E-state index in [0.29, 0.717) is 17.9 Å². The molecular formula is C10H11ClO3S. The van der Waals surface area contributed by atoms with Gasteiger partial charge in [-0.3, -0.25) is 0 Å². The lowest BCUT2D eigenvalue weighted by atomic mass is 10.2. The number of hydrogen-bond acceptors (Lipinski definition) is 3. The zero-order valence-electron chi connectivity index (χ0n) is 8.18. The van der Waals surface area contributed by atoms with Crippen molar-refractivity contribution in [2.75, 3.05) is 6.61 Å². The third-order valence-corrected chi connectivity index (χ3v) is 2.40. The van der Waals surface area contributed by atoms with Crippen LogP contribution in [0.25, 0.3) is 6.08 Å². The first-order valence-corrected chi connectivity index (χ1v) is 6.75. The van der Waals surface area contributed by atoms with Gasteiger partial charge in [0, 0.05) is 21.7 Å². The second-order valence-electron chi connectivity index (χ2n) is 2.75. The minimum Gasteiger partial charge on any atom is -0.493 e. The summed E-state index contributed by atoms with van der Waals surface area (Å²) >= 11 is 0. The molecule has 0 heterocycles. The van der Waals surface area contributed by atoms with E-state index in [2.05, 4.69) is 0 Å². The summed E-state index contributed by atoms with van der Waals surface area (Å²) in [6, 6.07) is 7.13. The monoisotopic (exact) mass is 246 g/mol. The summed E-state index contributed by atoms with van der Waals surface area (Å²) in [6.07, 6.45) is 1.41. The maximum Gasteiger partial charge on any atom is 0.254 e. The van der Waals surface area contributed by atoms with Crippen molar-refractivity contribution in [3.63, 3.8) is 0 Å². The fourth-order valence-corrected chi connectivity index (χ4v) is 1.52. The lowest BCUT2D eigenvalue weighted by Crippen LogP contribution is -1.93. The third-order valence-electron chi connectivity index (χ3n) is 1.63. The fraction of sp³-hybridized carbons (Fsp3) is 0.200. The van der Waals surface area contributed by atoms with Gasteiger partial charge in [-0.15, -0.1) is 0 Å². The fourth-order valence-electron chi connectivity index (χ4n) is 1.06. The second kappa shape index (κ2) is 5.19. The van der Waals surface area contributed by atoms with Crippen LogP contribution in [0.2, 0.25) is 0 Å². The van der Waals surface area contributed by atoms with Crippen LogP contribution in [0.15, 0.2) is 29.7 Å². The minimum atomic E-state index is -3.62. The summed E-state index contributed by atoms with van der Waals surface area (Å²) in [5.74, 6) is 0.636. The van der Waals surface area contributed by atoms with Crippen LogP contribution in [0.3, 0.4) is 0 Å². The molecule has 15 heavy (non-hydrogen) atoms. The first-order chi connectivity index (χ1) is 7.03. The topological polar surface area (TPSA) is 43.4 Å². The first-order valence-electron chi connectivity index (χ1n) is 4.37. The number of benzene rings is 1. The molecule has 1 aromatic rings. The molecule has 0 spiro atoms. The Balaban J connectivity index is 2.99. The highest BCUT2D eigenvalue weighted by Crippen LogP contribution is 2.20. The van der Waals surface area contributed by atoms with Gasteiger partial charge in [-0.2, -0.15) is 0 Å². The van der Waals surface area contributed by atoms with Crippen LogP contribution in [0, 0.1) is 0 Å². The van der Waals surface area contributed by atoms with Crippen molar-refractivity contribution in [2.24, 2.45) is 0 Å². The van der Waals surface area contributed by atoms with E-state index in [-0.39, 0.29) is 0 Å². The molecule has 1 rings (SSSR count). The molecule has 0 N–H and O–H groups in total. The summed E-state index contributed by atoms with van der Waals surface area (Å²) in [6.45, 7) is 2.39. The zero-order chi connectivity index (χ0) is 11.3. The van der Waals surface area contributed by atoms with Gasteiger partial charge in [0.1, 0.15) is 5.75 Å². The molecule has 0 radical (unpaired) electrons. The van der Waals surface area contributed by atoms with E-state index >= 15 is 0 Å². The molecule has 0 fully saturated rings. The van der Waals surface area contributed by atoms with Crippen LogP contribution >= 0.6 is 10.7 Å². The van der Waals surface area contributed by atoms with Gasteiger partial charge in [-0.25, -0.2) is 8.42 Å². The second-order valence-corrected chi connectivity index (χ2v) is 5.26. The molecule has 0 aliphatic carbocycles. The van der Waals surface area contributed by atoms with Crippen molar-refractivity contribution in [3.05, 3.63) is 35.2 Å². The maximum atomic E-state index is 10.7. The van der Waals surface area contributed by atoms with Gasteiger partial charge in [-0.05, 0) is 19.1 Å². The van der Waals surface area contributed by atoms with Crippen molar-refractivity contribution < 1.29 is 13.2 Å². The summed E-state index contributed by atoms with van der Waals surface area (Å²) in [7, 11) is 1.44. The summed E-state index contributed by atoms with van der Waals surface area (Å²) in [4.78, 5) is 0. The molecule has 0 unspecified atom stereocenters. The van der Waals surface area contributed by atoms with Crippen molar-refractivity contribution in [2.45, 2.75) is 6.92 Å².